The molecular weight excluding hydrogens is 350 g/mol. The third kappa shape index (κ3) is 3.43. The molecule has 128 valence electrons. The summed E-state index contributed by atoms with van der Waals surface area (Å²) in [6.45, 7) is 0.470. The highest BCUT2D eigenvalue weighted by molar-refractivity contribution is 6.29. The number of oxazole rings is 1. The molecule has 1 amide bonds. The van der Waals surface area contributed by atoms with Crippen LogP contribution in [0, 0.1) is 0 Å². The number of pyridine rings is 1. The Labute approximate surface area is 154 Å². The van der Waals surface area contributed by atoms with Crippen molar-refractivity contribution < 1.29 is 9.21 Å². The quantitative estimate of drug-likeness (QED) is 0.543. The highest BCUT2D eigenvalue weighted by atomic mass is 35.5. The van der Waals surface area contributed by atoms with Crippen molar-refractivity contribution in [2.75, 3.05) is 0 Å². The summed E-state index contributed by atoms with van der Waals surface area (Å²) >= 11 is 5.91. The second-order valence-corrected chi connectivity index (χ2v) is 6.12. The number of aromatic nitrogens is 2. The molecule has 0 radical (unpaired) electrons. The molecule has 2 aromatic carbocycles. The number of carbonyl (C=O) groups is 1. The van der Waals surface area contributed by atoms with Crippen LogP contribution in [0.2, 0.25) is 5.15 Å². The minimum atomic E-state index is -0.160. The number of rotatable bonds is 4. The molecule has 0 spiro atoms. The van der Waals surface area contributed by atoms with Gasteiger partial charge in [0.1, 0.15) is 10.7 Å². The summed E-state index contributed by atoms with van der Waals surface area (Å²) in [4.78, 5) is 20.8. The van der Waals surface area contributed by atoms with Crippen LogP contribution < -0.4 is 5.32 Å². The first-order valence-corrected chi connectivity index (χ1v) is 8.41. The van der Waals surface area contributed by atoms with E-state index in [1.807, 2.05) is 30.3 Å². The molecule has 0 atom stereocenters. The average molecular weight is 364 g/mol. The minimum Gasteiger partial charge on any atom is -0.436 e. The van der Waals surface area contributed by atoms with Crippen molar-refractivity contribution >= 4 is 28.6 Å². The Morgan fingerprint density at radius 3 is 2.73 bits per heavy atom. The third-order valence-electron chi connectivity index (χ3n) is 3.92. The van der Waals surface area contributed by atoms with E-state index in [2.05, 4.69) is 15.3 Å². The number of hydrogen-bond acceptors (Lipinski definition) is 4. The lowest BCUT2D eigenvalue weighted by Crippen LogP contribution is -2.22. The fourth-order valence-corrected chi connectivity index (χ4v) is 2.78. The number of amides is 1. The molecule has 0 unspecified atom stereocenters. The Kier molecular flexibility index (Phi) is 4.37. The summed E-state index contributed by atoms with van der Waals surface area (Å²) in [6.07, 6.45) is 1.59. The largest absolute Gasteiger partial charge is 0.436 e. The predicted octanol–water partition coefficient (Wildman–Crippen LogP) is 4.47. The van der Waals surface area contributed by atoms with Gasteiger partial charge in [-0.2, -0.15) is 0 Å². The van der Waals surface area contributed by atoms with E-state index < -0.39 is 0 Å². The van der Waals surface area contributed by atoms with Crippen LogP contribution >= 0.6 is 11.6 Å². The molecular formula is C20H14ClN3O2. The first-order valence-electron chi connectivity index (χ1n) is 8.04. The first kappa shape index (κ1) is 16.3. The molecule has 4 rings (SSSR count). The summed E-state index contributed by atoms with van der Waals surface area (Å²) in [5, 5.41) is 3.27. The Bertz CT molecular complexity index is 1080. The maximum absolute atomic E-state index is 12.4. The first-order chi connectivity index (χ1) is 12.7. The number of hydrogen-bond donors (Lipinski definition) is 1. The number of nitrogens with one attached hydrogen (secondary N) is 1. The number of halogens is 1. The Balaban J connectivity index is 1.56. The van der Waals surface area contributed by atoms with Gasteiger partial charge in [-0.1, -0.05) is 41.9 Å². The minimum absolute atomic E-state index is 0.160. The third-order valence-corrected chi connectivity index (χ3v) is 4.13. The van der Waals surface area contributed by atoms with Gasteiger partial charge in [-0.3, -0.25) is 4.79 Å². The van der Waals surface area contributed by atoms with Crippen molar-refractivity contribution in [1.82, 2.24) is 15.3 Å². The van der Waals surface area contributed by atoms with E-state index in [9.17, 15) is 4.79 Å². The molecule has 26 heavy (non-hydrogen) atoms. The monoisotopic (exact) mass is 363 g/mol. The van der Waals surface area contributed by atoms with Gasteiger partial charge in [0.15, 0.2) is 5.58 Å². The van der Waals surface area contributed by atoms with E-state index >= 15 is 0 Å². The van der Waals surface area contributed by atoms with E-state index in [1.54, 1.807) is 36.5 Å². The van der Waals surface area contributed by atoms with Crippen LogP contribution in [-0.4, -0.2) is 15.9 Å². The van der Waals surface area contributed by atoms with Crippen LogP contribution in [-0.2, 0) is 6.54 Å². The van der Waals surface area contributed by atoms with Crippen LogP contribution in [0.5, 0.6) is 0 Å². The van der Waals surface area contributed by atoms with E-state index in [1.165, 1.54) is 0 Å². The van der Waals surface area contributed by atoms with Gasteiger partial charge in [0.05, 0.1) is 0 Å². The molecule has 0 aliphatic rings. The maximum Gasteiger partial charge on any atom is 0.251 e. The number of benzene rings is 2. The maximum atomic E-state index is 12.4. The number of fused-ring (bicyclic) bond motifs is 1. The molecule has 1 N–H and O–H groups in total. The van der Waals surface area contributed by atoms with Crippen molar-refractivity contribution in [1.29, 1.82) is 0 Å². The molecule has 0 saturated heterocycles. The zero-order chi connectivity index (χ0) is 17.9. The molecule has 2 aromatic heterocycles. The molecule has 6 heteroatoms. The van der Waals surface area contributed by atoms with Gasteiger partial charge < -0.3 is 9.73 Å². The van der Waals surface area contributed by atoms with Crippen LogP contribution in [0.3, 0.4) is 0 Å². The van der Waals surface area contributed by atoms with Crippen LogP contribution in [0.15, 0.2) is 71.3 Å². The second kappa shape index (κ2) is 6.98. The normalized spacial score (nSPS) is 10.8. The van der Waals surface area contributed by atoms with Gasteiger partial charge in [0.2, 0.25) is 5.89 Å². The highest BCUT2D eigenvalue weighted by Crippen LogP contribution is 2.26. The lowest BCUT2D eigenvalue weighted by Gasteiger charge is -2.05. The molecule has 0 saturated carbocycles. The van der Waals surface area contributed by atoms with Gasteiger partial charge >= 0.3 is 0 Å². The summed E-state index contributed by atoms with van der Waals surface area (Å²) in [7, 11) is 0. The Morgan fingerprint density at radius 2 is 1.92 bits per heavy atom. The number of nitrogens with zero attached hydrogens (tertiary/aromatic N) is 2. The summed E-state index contributed by atoms with van der Waals surface area (Å²) in [5.41, 5.74) is 3.52. The number of carbonyl (C=O) groups excluding carboxylic acids is 1. The van der Waals surface area contributed by atoms with Gasteiger partial charge in [-0.15, -0.1) is 0 Å². The average Bonchev–Trinajstić information content (AvgIpc) is 3.10. The van der Waals surface area contributed by atoms with Crippen molar-refractivity contribution in [3.63, 3.8) is 0 Å². The standard InChI is InChI=1S/C20H14ClN3O2/c21-18-11-15(8-9-22-18)20-24-16-10-14(6-7-17(16)26-20)19(25)23-12-13-4-2-1-3-5-13/h1-11H,12H2,(H,23,25). The summed E-state index contributed by atoms with van der Waals surface area (Å²) < 4.78 is 5.74. The second-order valence-electron chi connectivity index (χ2n) is 5.74. The van der Waals surface area contributed by atoms with E-state index in [4.69, 9.17) is 16.0 Å². The SMILES string of the molecule is O=C(NCc1ccccc1)c1ccc2oc(-c3ccnc(Cl)c3)nc2c1. The van der Waals surface area contributed by atoms with Crippen LogP contribution in [0.1, 0.15) is 15.9 Å². The topological polar surface area (TPSA) is 68.0 Å². The van der Waals surface area contributed by atoms with E-state index in [0.717, 1.165) is 11.1 Å². The summed E-state index contributed by atoms with van der Waals surface area (Å²) in [6, 6.07) is 18.4. The van der Waals surface area contributed by atoms with Gasteiger partial charge in [0, 0.05) is 23.9 Å². The Morgan fingerprint density at radius 1 is 1.08 bits per heavy atom. The van der Waals surface area contributed by atoms with Crippen molar-refractivity contribution in [3.8, 4) is 11.5 Å². The molecule has 4 aromatic rings. The lowest BCUT2D eigenvalue weighted by atomic mass is 10.2. The Hall–Kier alpha value is -3.18. The fraction of sp³-hybridized carbons (Fsp3) is 0.0500. The van der Waals surface area contributed by atoms with Gasteiger partial charge in [-0.05, 0) is 35.9 Å². The fourth-order valence-electron chi connectivity index (χ4n) is 2.61. The van der Waals surface area contributed by atoms with Gasteiger partial charge in [-0.25, -0.2) is 9.97 Å². The van der Waals surface area contributed by atoms with E-state index in [-0.39, 0.29) is 5.91 Å². The highest BCUT2D eigenvalue weighted by Gasteiger charge is 2.12. The predicted molar refractivity (Wildman–Crippen MR) is 99.9 cm³/mol. The molecule has 0 aliphatic carbocycles. The van der Waals surface area contributed by atoms with E-state index in [0.29, 0.717) is 34.3 Å². The molecule has 2 heterocycles. The molecule has 0 bridgehead atoms. The van der Waals surface area contributed by atoms with Gasteiger partial charge in [0.25, 0.3) is 5.91 Å². The van der Waals surface area contributed by atoms with Crippen LogP contribution in [0.4, 0.5) is 0 Å². The van der Waals surface area contributed by atoms with Crippen molar-refractivity contribution in [2.24, 2.45) is 0 Å². The van der Waals surface area contributed by atoms with Crippen molar-refractivity contribution in [2.45, 2.75) is 6.54 Å². The van der Waals surface area contributed by atoms with Crippen molar-refractivity contribution in [3.05, 3.63) is 83.1 Å². The van der Waals surface area contributed by atoms with Crippen LogP contribution in [0.25, 0.3) is 22.6 Å². The molecule has 0 fully saturated rings. The lowest BCUT2D eigenvalue weighted by molar-refractivity contribution is 0.0951. The molecule has 5 nitrogen and oxygen atoms in total. The zero-order valence-electron chi connectivity index (χ0n) is 13.6. The zero-order valence-corrected chi connectivity index (χ0v) is 14.4. The smallest absolute Gasteiger partial charge is 0.251 e. The molecule has 0 aliphatic heterocycles. The summed E-state index contributed by atoms with van der Waals surface area (Å²) in [5.74, 6) is 0.276.